The van der Waals surface area contributed by atoms with E-state index < -0.39 is 4.92 Å². The van der Waals surface area contributed by atoms with E-state index in [1.807, 2.05) is 0 Å². The number of nitro benzene ring substituents is 1. The Balaban J connectivity index is 1.50. The molecule has 3 rings (SSSR count). The summed E-state index contributed by atoms with van der Waals surface area (Å²) < 4.78 is 0. The maximum atomic E-state index is 12.6. The zero-order chi connectivity index (χ0) is 19.2. The van der Waals surface area contributed by atoms with Gasteiger partial charge in [0.25, 0.3) is 5.69 Å². The second-order valence-corrected chi connectivity index (χ2v) is 7.08. The Kier molecular flexibility index (Phi) is 6.19. The predicted octanol–water partition coefficient (Wildman–Crippen LogP) is 3.23. The van der Waals surface area contributed by atoms with Crippen LogP contribution in [-0.2, 0) is 17.8 Å². The molecule has 0 saturated carbocycles. The second-order valence-electron chi connectivity index (χ2n) is 7.08. The number of nitro groups is 1. The van der Waals surface area contributed by atoms with Crippen molar-refractivity contribution in [3.8, 4) is 0 Å². The van der Waals surface area contributed by atoms with Crippen LogP contribution in [0.5, 0.6) is 0 Å². The SMILES string of the molecule is Cc1cccc(CN2CCCC2C(=O)NCCc2ccc([N+](=O)[O-])cc2)c1. The Morgan fingerprint density at radius 1 is 1.22 bits per heavy atom. The lowest BCUT2D eigenvalue weighted by atomic mass is 10.1. The molecule has 1 aliphatic heterocycles. The summed E-state index contributed by atoms with van der Waals surface area (Å²) in [5, 5.41) is 13.7. The van der Waals surface area contributed by atoms with Crippen molar-refractivity contribution in [2.75, 3.05) is 13.1 Å². The number of nitrogens with zero attached hydrogens (tertiary/aromatic N) is 2. The molecule has 1 heterocycles. The monoisotopic (exact) mass is 367 g/mol. The minimum atomic E-state index is -0.408. The second kappa shape index (κ2) is 8.77. The van der Waals surface area contributed by atoms with Crippen molar-refractivity contribution in [3.63, 3.8) is 0 Å². The van der Waals surface area contributed by atoms with Crippen LogP contribution < -0.4 is 5.32 Å². The number of rotatable bonds is 7. The Hall–Kier alpha value is -2.73. The van der Waals surface area contributed by atoms with Gasteiger partial charge in [-0.15, -0.1) is 0 Å². The lowest BCUT2D eigenvalue weighted by molar-refractivity contribution is -0.384. The van der Waals surface area contributed by atoms with Crippen LogP contribution >= 0.6 is 0 Å². The lowest BCUT2D eigenvalue weighted by Crippen LogP contribution is -2.43. The first-order valence-electron chi connectivity index (χ1n) is 9.33. The summed E-state index contributed by atoms with van der Waals surface area (Å²) in [4.78, 5) is 25.1. The first kappa shape index (κ1) is 19.0. The summed E-state index contributed by atoms with van der Waals surface area (Å²) in [5.41, 5.74) is 3.53. The molecule has 2 aromatic rings. The van der Waals surface area contributed by atoms with E-state index in [-0.39, 0.29) is 17.6 Å². The van der Waals surface area contributed by atoms with E-state index in [4.69, 9.17) is 0 Å². The molecular weight excluding hydrogens is 342 g/mol. The fraction of sp³-hybridized carbons (Fsp3) is 0.381. The molecule has 2 aromatic carbocycles. The zero-order valence-corrected chi connectivity index (χ0v) is 15.6. The van der Waals surface area contributed by atoms with Gasteiger partial charge < -0.3 is 5.32 Å². The van der Waals surface area contributed by atoms with Gasteiger partial charge in [-0.3, -0.25) is 19.8 Å². The van der Waals surface area contributed by atoms with Gasteiger partial charge >= 0.3 is 0 Å². The highest BCUT2D eigenvalue weighted by Gasteiger charge is 2.30. The fourth-order valence-corrected chi connectivity index (χ4v) is 3.59. The molecule has 0 spiro atoms. The molecule has 27 heavy (non-hydrogen) atoms. The third-order valence-corrected chi connectivity index (χ3v) is 4.99. The number of carbonyl (C=O) groups excluding carboxylic acids is 1. The lowest BCUT2D eigenvalue weighted by Gasteiger charge is -2.24. The van der Waals surface area contributed by atoms with Crippen molar-refractivity contribution in [2.24, 2.45) is 0 Å². The standard InChI is InChI=1S/C21H25N3O3/c1-16-4-2-5-18(14-16)15-23-13-3-6-20(23)21(25)22-12-11-17-7-9-19(10-8-17)24(26)27/h2,4-5,7-10,14,20H,3,6,11-13,15H2,1H3,(H,22,25). The minimum absolute atomic E-state index is 0.0714. The summed E-state index contributed by atoms with van der Waals surface area (Å²) in [6.45, 7) is 4.35. The number of hydrogen-bond donors (Lipinski definition) is 1. The van der Waals surface area contributed by atoms with Crippen molar-refractivity contribution in [2.45, 2.75) is 38.8 Å². The van der Waals surface area contributed by atoms with E-state index in [9.17, 15) is 14.9 Å². The molecule has 1 atom stereocenters. The Morgan fingerprint density at radius 3 is 2.70 bits per heavy atom. The van der Waals surface area contributed by atoms with Crippen molar-refractivity contribution in [3.05, 3.63) is 75.3 Å². The molecule has 0 bridgehead atoms. The summed E-state index contributed by atoms with van der Waals surface area (Å²) in [7, 11) is 0. The van der Waals surface area contributed by atoms with Crippen LogP contribution in [0.25, 0.3) is 0 Å². The highest BCUT2D eigenvalue weighted by atomic mass is 16.6. The van der Waals surface area contributed by atoms with Crippen LogP contribution in [0.1, 0.15) is 29.5 Å². The van der Waals surface area contributed by atoms with E-state index in [2.05, 4.69) is 41.4 Å². The van der Waals surface area contributed by atoms with Gasteiger partial charge in [-0.25, -0.2) is 0 Å². The molecule has 0 aromatic heterocycles. The molecular formula is C21H25N3O3. The number of benzene rings is 2. The Bertz CT molecular complexity index is 805. The number of non-ortho nitro benzene ring substituents is 1. The number of hydrogen-bond acceptors (Lipinski definition) is 4. The molecule has 1 N–H and O–H groups in total. The normalized spacial score (nSPS) is 17.0. The van der Waals surface area contributed by atoms with E-state index >= 15 is 0 Å². The number of aryl methyl sites for hydroxylation is 1. The highest BCUT2D eigenvalue weighted by molar-refractivity contribution is 5.82. The van der Waals surface area contributed by atoms with Crippen molar-refractivity contribution < 1.29 is 9.72 Å². The largest absolute Gasteiger partial charge is 0.354 e. The molecule has 1 unspecified atom stereocenters. The van der Waals surface area contributed by atoms with Gasteiger partial charge in [0, 0.05) is 25.2 Å². The number of likely N-dealkylation sites (tertiary alicyclic amines) is 1. The van der Waals surface area contributed by atoms with Gasteiger partial charge in [-0.2, -0.15) is 0 Å². The van der Waals surface area contributed by atoms with Gasteiger partial charge in [-0.1, -0.05) is 42.0 Å². The zero-order valence-electron chi connectivity index (χ0n) is 15.6. The summed E-state index contributed by atoms with van der Waals surface area (Å²) in [5.74, 6) is 0.0714. The number of amides is 1. The maximum absolute atomic E-state index is 12.6. The van der Waals surface area contributed by atoms with Crippen molar-refractivity contribution >= 4 is 11.6 Å². The molecule has 6 nitrogen and oxygen atoms in total. The Labute approximate surface area is 159 Å². The summed E-state index contributed by atoms with van der Waals surface area (Å²) in [6.07, 6.45) is 2.58. The highest BCUT2D eigenvalue weighted by Crippen LogP contribution is 2.21. The van der Waals surface area contributed by atoms with Gasteiger partial charge in [0.15, 0.2) is 0 Å². The fourth-order valence-electron chi connectivity index (χ4n) is 3.59. The molecule has 1 aliphatic rings. The first-order valence-corrected chi connectivity index (χ1v) is 9.33. The van der Waals surface area contributed by atoms with Crippen LogP contribution in [0.3, 0.4) is 0 Å². The number of nitrogens with one attached hydrogen (secondary N) is 1. The quantitative estimate of drug-likeness (QED) is 0.602. The van der Waals surface area contributed by atoms with E-state index in [0.29, 0.717) is 13.0 Å². The third-order valence-electron chi connectivity index (χ3n) is 4.99. The van der Waals surface area contributed by atoms with Crippen molar-refractivity contribution in [1.82, 2.24) is 10.2 Å². The predicted molar refractivity (Wildman–Crippen MR) is 104 cm³/mol. The van der Waals surface area contributed by atoms with Crippen molar-refractivity contribution in [1.29, 1.82) is 0 Å². The van der Waals surface area contributed by atoms with Gasteiger partial charge in [0.2, 0.25) is 5.91 Å². The topological polar surface area (TPSA) is 75.5 Å². The van der Waals surface area contributed by atoms with Gasteiger partial charge in [0.1, 0.15) is 0 Å². The van der Waals surface area contributed by atoms with Crippen LogP contribution in [0, 0.1) is 17.0 Å². The van der Waals surface area contributed by atoms with Crippen LogP contribution in [0.4, 0.5) is 5.69 Å². The first-order chi connectivity index (χ1) is 13.0. The summed E-state index contributed by atoms with van der Waals surface area (Å²) in [6, 6.07) is 14.8. The number of carbonyl (C=O) groups is 1. The molecule has 6 heteroatoms. The smallest absolute Gasteiger partial charge is 0.269 e. The average molecular weight is 367 g/mol. The average Bonchev–Trinajstić information content (AvgIpc) is 3.10. The summed E-state index contributed by atoms with van der Waals surface area (Å²) >= 11 is 0. The molecule has 1 saturated heterocycles. The molecule has 1 amide bonds. The van der Waals surface area contributed by atoms with Crippen LogP contribution in [0.2, 0.25) is 0 Å². The molecule has 0 radical (unpaired) electrons. The van der Waals surface area contributed by atoms with E-state index in [1.165, 1.54) is 23.3 Å². The van der Waals surface area contributed by atoms with Crippen LogP contribution in [0.15, 0.2) is 48.5 Å². The molecule has 0 aliphatic carbocycles. The minimum Gasteiger partial charge on any atom is -0.354 e. The van der Waals surface area contributed by atoms with E-state index in [0.717, 1.165) is 31.5 Å². The van der Waals surface area contributed by atoms with Crippen LogP contribution in [-0.4, -0.2) is 34.9 Å². The van der Waals surface area contributed by atoms with Gasteiger partial charge in [-0.05, 0) is 43.9 Å². The molecule has 1 fully saturated rings. The molecule has 142 valence electrons. The van der Waals surface area contributed by atoms with Gasteiger partial charge in [0.05, 0.1) is 11.0 Å². The Morgan fingerprint density at radius 2 is 2.00 bits per heavy atom. The third kappa shape index (κ3) is 5.14. The van der Waals surface area contributed by atoms with E-state index in [1.54, 1.807) is 12.1 Å². The maximum Gasteiger partial charge on any atom is 0.269 e.